The number of aryl methyl sites for hydroxylation is 1. The Morgan fingerprint density at radius 3 is 2.88 bits per heavy atom. The normalized spacial score (nSPS) is 13.3. The summed E-state index contributed by atoms with van der Waals surface area (Å²) in [6.07, 6.45) is 2.76. The van der Waals surface area contributed by atoms with E-state index in [9.17, 15) is 0 Å². The van der Waals surface area contributed by atoms with Crippen LogP contribution >= 0.6 is 0 Å². The molecule has 1 unspecified atom stereocenters. The third kappa shape index (κ3) is 4.28. The van der Waals surface area contributed by atoms with Crippen molar-refractivity contribution < 1.29 is 0 Å². The van der Waals surface area contributed by atoms with Crippen LogP contribution in [0.5, 0.6) is 0 Å². The zero-order valence-electron chi connectivity index (χ0n) is 10.8. The molecule has 92 valence electrons. The van der Waals surface area contributed by atoms with Crippen LogP contribution in [0.2, 0.25) is 0 Å². The topological polar surface area (TPSA) is 46.0 Å². The van der Waals surface area contributed by atoms with Crippen LogP contribution in [0.4, 0.5) is 0 Å². The Hall–Kier alpha value is -0.940. The van der Waals surface area contributed by atoms with Crippen molar-refractivity contribution in [2.24, 2.45) is 0 Å². The molecule has 0 fully saturated rings. The molecule has 0 radical (unpaired) electrons. The third-order valence-electron chi connectivity index (χ3n) is 2.61. The van der Waals surface area contributed by atoms with Crippen LogP contribution in [0.25, 0.3) is 0 Å². The fourth-order valence-electron chi connectivity index (χ4n) is 1.51. The molecule has 0 bridgehead atoms. The Bertz CT molecular complexity index is 294. The van der Waals surface area contributed by atoms with Crippen LogP contribution in [-0.4, -0.2) is 46.3 Å². The average Bonchev–Trinajstić information content (AvgIpc) is 2.70. The number of nitrogens with one attached hydrogen (secondary N) is 1. The fourth-order valence-corrected chi connectivity index (χ4v) is 1.51. The Morgan fingerprint density at radius 2 is 2.25 bits per heavy atom. The fraction of sp³-hybridized carbons (Fsp3) is 0.818. The molecule has 0 aliphatic rings. The van der Waals surface area contributed by atoms with Crippen molar-refractivity contribution >= 4 is 0 Å². The molecule has 0 saturated carbocycles. The van der Waals surface area contributed by atoms with Gasteiger partial charge in [0.25, 0.3) is 0 Å². The second-order valence-electron chi connectivity index (χ2n) is 4.37. The monoisotopic (exact) mass is 225 g/mol. The third-order valence-corrected chi connectivity index (χ3v) is 2.61. The molecule has 0 aliphatic carbocycles. The molecular weight excluding hydrogens is 202 g/mol. The van der Waals surface area contributed by atoms with E-state index < -0.39 is 0 Å². The van der Waals surface area contributed by atoms with E-state index in [1.807, 2.05) is 4.68 Å². The van der Waals surface area contributed by atoms with Crippen LogP contribution < -0.4 is 5.32 Å². The summed E-state index contributed by atoms with van der Waals surface area (Å²) >= 11 is 0. The molecule has 0 saturated heterocycles. The van der Waals surface area contributed by atoms with E-state index in [4.69, 9.17) is 0 Å². The van der Waals surface area contributed by atoms with Gasteiger partial charge in [0.05, 0.1) is 6.54 Å². The van der Waals surface area contributed by atoms with Gasteiger partial charge in [-0.25, -0.2) is 9.67 Å². The first-order valence-corrected chi connectivity index (χ1v) is 5.88. The SMILES string of the molecule is CCn1ncnc1CNC(C)CCN(C)C. The maximum absolute atomic E-state index is 4.23. The molecule has 16 heavy (non-hydrogen) atoms. The summed E-state index contributed by atoms with van der Waals surface area (Å²) in [5.41, 5.74) is 0. The second-order valence-corrected chi connectivity index (χ2v) is 4.37. The molecular formula is C11H23N5. The first-order valence-electron chi connectivity index (χ1n) is 5.88. The first kappa shape index (κ1) is 13.1. The van der Waals surface area contributed by atoms with Gasteiger partial charge in [0, 0.05) is 12.6 Å². The predicted molar refractivity (Wildman–Crippen MR) is 65.2 cm³/mol. The van der Waals surface area contributed by atoms with Gasteiger partial charge in [0.15, 0.2) is 0 Å². The van der Waals surface area contributed by atoms with Crippen molar-refractivity contribution in [1.29, 1.82) is 0 Å². The second kappa shape index (κ2) is 6.60. The summed E-state index contributed by atoms with van der Waals surface area (Å²) in [4.78, 5) is 6.43. The number of hydrogen-bond acceptors (Lipinski definition) is 4. The highest BCUT2D eigenvalue weighted by Crippen LogP contribution is 1.97. The summed E-state index contributed by atoms with van der Waals surface area (Å²) in [6.45, 7) is 7.06. The summed E-state index contributed by atoms with van der Waals surface area (Å²) in [7, 11) is 4.20. The minimum absolute atomic E-state index is 0.504. The first-order chi connectivity index (χ1) is 7.63. The standard InChI is InChI=1S/C11H23N5/c1-5-16-11(13-9-14-16)8-12-10(2)6-7-15(3)4/h9-10,12H,5-8H2,1-4H3. The van der Waals surface area contributed by atoms with Gasteiger partial charge >= 0.3 is 0 Å². The van der Waals surface area contributed by atoms with Gasteiger partial charge in [-0.2, -0.15) is 5.10 Å². The van der Waals surface area contributed by atoms with E-state index in [-0.39, 0.29) is 0 Å². The molecule has 0 aromatic carbocycles. The van der Waals surface area contributed by atoms with E-state index in [0.29, 0.717) is 6.04 Å². The molecule has 0 aliphatic heterocycles. The summed E-state index contributed by atoms with van der Waals surface area (Å²) in [5.74, 6) is 1.01. The predicted octanol–water partition coefficient (Wildman–Crippen LogP) is 0.728. The van der Waals surface area contributed by atoms with Crippen molar-refractivity contribution in [2.45, 2.75) is 39.4 Å². The van der Waals surface area contributed by atoms with Crippen molar-refractivity contribution in [1.82, 2.24) is 25.0 Å². The van der Waals surface area contributed by atoms with E-state index in [1.165, 1.54) is 0 Å². The molecule has 1 aromatic rings. The van der Waals surface area contributed by atoms with Gasteiger partial charge in [-0.3, -0.25) is 0 Å². The molecule has 5 heteroatoms. The number of hydrogen-bond donors (Lipinski definition) is 1. The van der Waals surface area contributed by atoms with Crippen LogP contribution in [-0.2, 0) is 13.1 Å². The van der Waals surface area contributed by atoms with Gasteiger partial charge in [0.2, 0.25) is 0 Å². The lowest BCUT2D eigenvalue weighted by Gasteiger charge is -2.16. The zero-order valence-corrected chi connectivity index (χ0v) is 10.8. The zero-order chi connectivity index (χ0) is 12.0. The summed E-state index contributed by atoms with van der Waals surface area (Å²) in [6, 6.07) is 0.504. The molecule has 1 N–H and O–H groups in total. The highest BCUT2D eigenvalue weighted by atomic mass is 15.3. The smallest absolute Gasteiger partial charge is 0.140 e. The van der Waals surface area contributed by atoms with Crippen molar-refractivity contribution in [3.8, 4) is 0 Å². The molecule has 0 spiro atoms. The summed E-state index contributed by atoms with van der Waals surface area (Å²) < 4.78 is 1.92. The molecule has 1 rings (SSSR count). The van der Waals surface area contributed by atoms with Gasteiger partial charge in [0.1, 0.15) is 12.2 Å². The van der Waals surface area contributed by atoms with Crippen LogP contribution in [0.3, 0.4) is 0 Å². The van der Waals surface area contributed by atoms with E-state index in [1.54, 1.807) is 6.33 Å². The number of nitrogens with zero attached hydrogens (tertiary/aromatic N) is 4. The molecule has 1 atom stereocenters. The van der Waals surface area contributed by atoms with Crippen LogP contribution in [0, 0.1) is 0 Å². The number of aromatic nitrogens is 3. The number of rotatable bonds is 7. The Morgan fingerprint density at radius 1 is 1.50 bits per heavy atom. The van der Waals surface area contributed by atoms with Gasteiger partial charge in [-0.05, 0) is 40.9 Å². The average molecular weight is 225 g/mol. The summed E-state index contributed by atoms with van der Waals surface area (Å²) in [5, 5.41) is 7.61. The van der Waals surface area contributed by atoms with Crippen molar-refractivity contribution in [3.63, 3.8) is 0 Å². The van der Waals surface area contributed by atoms with Gasteiger partial charge in [-0.15, -0.1) is 0 Å². The lowest BCUT2D eigenvalue weighted by molar-refractivity contribution is 0.363. The Kier molecular flexibility index (Phi) is 5.42. The molecule has 1 aromatic heterocycles. The maximum Gasteiger partial charge on any atom is 0.140 e. The quantitative estimate of drug-likeness (QED) is 0.743. The van der Waals surface area contributed by atoms with Crippen molar-refractivity contribution in [3.05, 3.63) is 12.2 Å². The van der Waals surface area contributed by atoms with Crippen molar-refractivity contribution in [2.75, 3.05) is 20.6 Å². The van der Waals surface area contributed by atoms with E-state index >= 15 is 0 Å². The Labute approximate surface area is 97.9 Å². The minimum atomic E-state index is 0.504. The lowest BCUT2D eigenvalue weighted by atomic mass is 10.2. The highest BCUT2D eigenvalue weighted by Gasteiger charge is 2.05. The Balaban J connectivity index is 2.28. The molecule has 5 nitrogen and oxygen atoms in total. The van der Waals surface area contributed by atoms with Gasteiger partial charge < -0.3 is 10.2 Å². The van der Waals surface area contributed by atoms with Crippen LogP contribution in [0.15, 0.2) is 6.33 Å². The lowest BCUT2D eigenvalue weighted by Crippen LogP contribution is -2.30. The van der Waals surface area contributed by atoms with Crippen LogP contribution in [0.1, 0.15) is 26.1 Å². The van der Waals surface area contributed by atoms with E-state index in [0.717, 1.165) is 31.9 Å². The highest BCUT2D eigenvalue weighted by molar-refractivity contribution is 4.84. The minimum Gasteiger partial charge on any atom is -0.309 e. The largest absolute Gasteiger partial charge is 0.309 e. The maximum atomic E-state index is 4.23. The van der Waals surface area contributed by atoms with E-state index in [2.05, 4.69) is 48.2 Å². The molecule has 1 heterocycles. The van der Waals surface area contributed by atoms with Gasteiger partial charge in [-0.1, -0.05) is 0 Å². The molecule has 0 amide bonds.